The molecule has 0 aliphatic carbocycles. The highest BCUT2D eigenvalue weighted by atomic mass is 127. The smallest absolute Gasteiger partial charge is 0.268 e. The van der Waals surface area contributed by atoms with Gasteiger partial charge in [0.2, 0.25) is 5.91 Å². The Morgan fingerprint density at radius 1 is 1.73 bits per heavy atom. The first-order chi connectivity index (χ1) is 7.13. The standard InChI is InChI=1S/C8H7IN4O2/c9-6-3-8(15)13(12-4-6)5-7(14)11-2-1-10/h3-4H,2,5H2,(H,11,14). The number of carbonyl (C=O) groups is 1. The predicted octanol–water partition coefficient (Wildman–Crippen LogP) is -0.512. The van der Waals surface area contributed by atoms with E-state index in [0.717, 1.165) is 4.68 Å². The molecule has 15 heavy (non-hydrogen) atoms. The van der Waals surface area contributed by atoms with E-state index in [1.807, 2.05) is 22.6 Å². The maximum atomic E-state index is 11.3. The molecule has 1 aromatic rings. The van der Waals surface area contributed by atoms with Crippen LogP contribution in [0.25, 0.3) is 0 Å². The van der Waals surface area contributed by atoms with Crippen molar-refractivity contribution >= 4 is 28.5 Å². The number of nitrogens with one attached hydrogen (secondary N) is 1. The monoisotopic (exact) mass is 318 g/mol. The van der Waals surface area contributed by atoms with Gasteiger partial charge in [0, 0.05) is 9.64 Å². The molecule has 7 heteroatoms. The molecule has 1 rings (SSSR count). The number of aromatic nitrogens is 2. The first-order valence-electron chi connectivity index (χ1n) is 4.00. The molecule has 6 nitrogen and oxygen atoms in total. The summed E-state index contributed by atoms with van der Waals surface area (Å²) in [7, 11) is 0. The molecular formula is C8H7IN4O2. The predicted molar refractivity (Wildman–Crippen MR) is 59.8 cm³/mol. The van der Waals surface area contributed by atoms with Crippen molar-refractivity contribution in [2.45, 2.75) is 6.54 Å². The molecule has 78 valence electrons. The third-order valence-electron chi connectivity index (χ3n) is 1.49. The summed E-state index contributed by atoms with van der Waals surface area (Å²) in [5.74, 6) is -0.410. The number of rotatable bonds is 3. The van der Waals surface area contributed by atoms with Crippen LogP contribution >= 0.6 is 22.6 Å². The average Bonchev–Trinajstić information content (AvgIpc) is 2.19. The van der Waals surface area contributed by atoms with Crippen molar-refractivity contribution in [3.05, 3.63) is 26.2 Å². The fraction of sp³-hybridized carbons (Fsp3) is 0.250. The summed E-state index contributed by atoms with van der Waals surface area (Å²) in [6, 6.07) is 3.15. The number of carbonyl (C=O) groups excluding carboxylic acids is 1. The molecule has 0 saturated carbocycles. The average molecular weight is 318 g/mol. The molecule has 0 bridgehead atoms. The molecule has 0 atom stereocenters. The highest BCUT2D eigenvalue weighted by Gasteiger charge is 2.04. The highest BCUT2D eigenvalue weighted by molar-refractivity contribution is 14.1. The highest BCUT2D eigenvalue weighted by Crippen LogP contribution is 1.95. The Labute approximate surface area is 99.0 Å². The Morgan fingerprint density at radius 3 is 3.07 bits per heavy atom. The Balaban J connectivity index is 2.70. The van der Waals surface area contributed by atoms with Crippen LogP contribution in [0.4, 0.5) is 0 Å². The maximum Gasteiger partial charge on any atom is 0.268 e. The fourth-order valence-corrected chi connectivity index (χ4v) is 1.25. The largest absolute Gasteiger partial charge is 0.341 e. The van der Waals surface area contributed by atoms with Crippen LogP contribution in [-0.2, 0) is 11.3 Å². The van der Waals surface area contributed by atoms with E-state index in [1.54, 1.807) is 6.07 Å². The SMILES string of the molecule is N#CCNC(=O)Cn1ncc(I)cc1=O. The summed E-state index contributed by atoms with van der Waals surface area (Å²) < 4.78 is 1.75. The lowest BCUT2D eigenvalue weighted by Crippen LogP contribution is -2.33. The molecule has 0 aliphatic heterocycles. The van der Waals surface area contributed by atoms with Gasteiger partial charge in [-0.05, 0) is 22.6 Å². The Bertz CT molecular complexity index is 462. The van der Waals surface area contributed by atoms with Crippen LogP contribution in [-0.4, -0.2) is 22.2 Å². The van der Waals surface area contributed by atoms with Gasteiger partial charge in [0.15, 0.2) is 0 Å². The molecule has 0 aromatic carbocycles. The third kappa shape index (κ3) is 3.67. The van der Waals surface area contributed by atoms with Gasteiger partial charge >= 0.3 is 0 Å². The van der Waals surface area contributed by atoms with E-state index in [-0.39, 0.29) is 18.6 Å². The van der Waals surface area contributed by atoms with Gasteiger partial charge in [-0.15, -0.1) is 0 Å². The molecule has 0 unspecified atom stereocenters. The second-order valence-electron chi connectivity index (χ2n) is 2.60. The van der Waals surface area contributed by atoms with E-state index in [9.17, 15) is 9.59 Å². The van der Waals surface area contributed by atoms with E-state index in [0.29, 0.717) is 3.57 Å². The van der Waals surface area contributed by atoms with E-state index < -0.39 is 5.91 Å². The molecule has 0 spiro atoms. The Kier molecular flexibility index (Phi) is 4.23. The molecule has 0 fully saturated rings. The maximum absolute atomic E-state index is 11.3. The van der Waals surface area contributed by atoms with Crippen LogP contribution in [0.3, 0.4) is 0 Å². The van der Waals surface area contributed by atoms with Crippen LogP contribution < -0.4 is 10.9 Å². The van der Waals surface area contributed by atoms with Gasteiger partial charge in [0.25, 0.3) is 5.56 Å². The van der Waals surface area contributed by atoms with Gasteiger partial charge in [-0.2, -0.15) is 10.4 Å². The van der Waals surface area contributed by atoms with Crippen LogP contribution in [0.1, 0.15) is 0 Å². The fourth-order valence-electron chi connectivity index (χ4n) is 0.860. The zero-order valence-corrected chi connectivity index (χ0v) is 9.76. The van der Waals surface area contributed by atoms with Crippen molar-refractivity contribution in [1.29, 1.82) is 5.26 Å². The van der Waals surface area contributed by atoms with Crippen LogP contribution in [0.15, 0.2) is 17.1 Å². The number of amides is 1. The summed E-state index contributed by atoms with van der Waals surface area (Å²) in [6.07, 6.45) is 1.49. The van der Waals surface area contributed by atoms with Gasteiger partial charge in [-0.25, -0.2) is 4.68 Å². The second kappa shape index (κ2) is 5.45. The zero-order chi connectivity index (χ0) is 11.3. The molecule has 0 aliphatic rings. The molecule has 0 saturated heterocycles. The van der Waals surface area contributed by atoms with Gasteiger partial charge in [-0.1, -0.05) is 0 Å². The van der Waals surface area contributed by atoms with Crippen LogP contribution in [0, 0.1) is 14.9 Å². The van der Waals surface area contributed by atoms with E-state index >= 15 is 0 Å². The van der Waals surface area contributed by atoms with Gasteiger partial charge < -0.3 is 5.32 Å². The number of hydrogen-bond acceptors (Lipinski definition) is 4. The van der Waals surface area contributed by atoms with Crippen LogP contribution in [0.5, 0.6) is 0 Å². The lowest BCUT2D eigenvalue weighted by atomic mass is 10.5. The van der Waals surface area contributed by atoms with Crippen molar-refractivity contribution in [3.8, 4) is 6.07 Å². The number of nitriles is 1. The summed E-state index contributed by atoms with van der Waals surface area (Å²) in [4.78, 5) is 22.4. The normalized spacial score (nSPS) is 9.33. The van der Waals surface area contributed by atoms with Gasteiger partial charge in [0.1, 0.15) is 13.1 Å². The van der Waals surface area contributed by atoms with Gasteiger partial charge in [-0.3, -0.25) is 9.59 Å². The first kappa shape index (κ1) is 11.6. The Morgan fingerprint density at radius 2 is 2.47 bits per heavy atom. The minimum Gasteiger partial charge on any atom is -0.341 e. The Hall–Kier alpha value is -1.43. The number of halogens is 1. The summed E-state index contributed by atoms with van der Waals surface area (Å²) in [5.41, 5.74) is -0.339. The molecule has 1 heterocycles. The van der Waals surface area contributed by atoms with Crippen molar-refractivity contribution < 1.29 is 4.79 Å². The molecule has 1 aromatic heterocycles. The lowest BCUT2D eigenvalue weighted by Gasteiger charge is -2.03. The third-order valence-corrected chi connectivity index (χ3v) is 2.08. The molecule has 1 amide bonds. The minimum atomic E-state index is -0.410. The van der Waals surface area contributed by atoms with Crippen molar-refractivity contribution in [3.63, 3.8) is 0 Å². The first-order valence-corrected chi connectivity index (χ1v) is 5.07. The quantitative estimate of drug-likeness (QED) is 0.600. The zero-order valence-electron chi connectivity index (χ0n) is 7.61. The molecular weight excluding hydrogens is 311 g/mol. The minimum absolute atomic E-state index is 0.0715. The lowest BCUT2D eigenvalue weighted by molar-refractivity contribution is -0.121. The van der Waals surface area contributed by atoms with Crippen LogP contribution in [0.2, 0.25) is 0 Å². The number of nitrogens with zero attached hydrogens (tertiary/aromatic N) is 3. The van der Waals surface area contributed by atoms with E-state index in [1.165, 1.54) is 12.3 Å². The van der Waals surface area contributed by atoms with E-state index in [4.69, 9.17) is 5.26 Å². The summed E-state index contributed by atoms with van der Waals surface area (Å²) in [6.45, 7) is -0.241. The summed E-state index contributed by atoms with van der Waals surface area (Å²) in [5, 5.41) is 14.3. The van der Waals surface area contributed by atoms with E-state index in [2.05, 4.69) is 10.4 Å². The topological polar surface area (TPSA) is 87.8 Å². The summed E-state index contributed by atoms with van der Waals surface area (Å²) >= 11 is 1.96. The number of hydrogen-bond donors (Lipinski definition) is 1. The second-order valence-corrected chi connectivity index (χ2v) is 3.85. The van der Waals surface area contributed by atoms with Gasteiger partial charge in [0.05, 0.1) is 12.3 Å². The van der Waals surface area contributed by atoms with Crippen molar-refractivity contribution in [2.75, 3.05) is 6.54 Å². The van der Waals surface area contributed by atoms with Crippen molar-refractivity contribution in [1.82, 2.24) is 15.1 Å². The molecule has 0 radical (unpaired) electrons. The molecule has 1 N–H and O–H groups in total. The van der Waals surface area contributed by atoms with Crippen molar-refractivity contribution in [2.24, 2.45) is 0 Å².